The summed E-state index contributed by atoms with van der Waals surface area (Å²) in [4.78, 5) is 10.8. The molecule has 1 aliphatic heterocycles. The summed E-state index contributed by atoms with van der Waals surface area (Å²) in [6.45, 7) is 3.61. The topological polar surface area (TPSA) is 64.8 Å². The molecule has 6 heteroatoms. The van der Waals surface area contributed by atoms with Crippen molar-refractivity contribution >= 4 is 23.2 Å². The zero-order chi connectivity index (χ0) is 15.5. The number of rotatable bonds is 3. The van der Waals surface area contributed by atoms with Crippen LogP contribution in [0.1, 0.15) is 17.7 Å². The number of benzene rings is 1. The molecule has 1 saturated heterocycles. The summed E-state index contributed by atoms with van der Waals surface area (Å²) in [6, 6.07) is 9.89. The Morgan fingerprint density at radius 3 is 3.05 bits per heavy atom. The summed E-state index contributed by atoms with van der Waals surface area (Å²) >= 11 is 6.11. The molecule has 22 heavy (non-hydrogen) atoms. The van der Waals surface area contributed by atoms with E-state index >= 15 is 0 Å². The average Bonchev–Trinajstić information content (AvgIpc) is 2.95. The van der Waals surface area contributed by atoms with E-state index in [1.54, 1.807) is 12.3 Å². The van der Waals surface area contributed by atoms with Crippen LogP contribution in [0.15, 0.2) is 30.5 Å². The zero-order valence-corrected chi connectivity index (χ0v) is 13.0. The van der Waals surface area contributed by atoms with Gasteiger partial charge in [0, 0.05) is 31.0 Å². The molecule has 2 heterocycles. The van der Waals surface area contributed by atoms with E-state index in [-0.39, 0.29) is 6.04 Å². The normalized spacial score (nSPS) is 17.3. The van der Waals surface area contributed by atoms with E-state index < -0.39 is 0 Å². The van der Waals surface area contributed by atoms with Crippen LogP contribution in [0.3, 0.4) is 0 Å². The highest BCUT2D eigenvalue weighted by Crippen LogP contribution is 2.29. The molecule has 0 amide bonds. The number of anilines is 2. The van der Waals surface area contributed by atoms with Crippen LogP contribution in [0, 0.1) is 18.3 Å². The van der Waals surface area contributed by atoms with E-state index in [1.165, 1.54) is 0 Å². The largest absolute Gasteiger partial charge is 0.368 e. The number of aromatic nitrogens is 2. The van der Waals surface area contributed by atoms with Crippen LogP contribution in [0.2, 0.25) is 5.02 Å². The van der Waals surface area contributed by atoms with Crippen molar-refractivity contribution in [3.63, 3.8) is 0 Å². The Balaban J connectivity index is 1.73. The van der Waals surface area contributed by atoms with Gasteiger partial charge in [-0.2, -0.15) is 5.26 Å². The Morgan fingerprint density at radius 2 is 2.27 bits per heavy atom. The average molecular weight is 314 g/mol. The molecule has 0 radical (unpaired) electrons. The molecular weight excluding hydrogens is 298 g/mol. The van der Waals surface area contributed by atoms with Gasteiger partial charge in [-0.3, -0.25) is 0 Å². The molecule has 0 bridgehead atoms. The van der Waals surface area contributed by atoms with Crippen molar-refractivity contribution in [2.45, 2.75) is 19.4 Å². The van der Waals surface area contributed by atoms with Crippen molar-refractivity contribution < 1.29 is 0 Å². The van der Waals surface area contributed by atoms with Gasteiger partial charge in [0.15, 0.2) is 0 Å². The van der Waals surface area contributed by atoms with E-state index in [1.807, 2.05) is 25.1 Å². The van der Waals surface area contributed by atoms with Gasteiger partial charge < -0.3 is 10.2 Å². The van der Waals surface area contributed by atoms with E-state index in [4.69, 9.17) is 11.6 Å². The minimum absolute atomic E-state index is 0.257. The second-order valence-electron chi connectivity index (χ2n) is 5.34. The fourth-order valence-electron chi connectivity index (χ4n) is 2.68. The van der Waals surface area contributed by atoms with Crippen molar-refractivity contribution in [3.8, 4) is 6.07 Å². The Labute approximate surface area is 134 Å². The quantitative estimate of drug-likeness (QED) is 0.943. The highest BCUT2D eigenvalue weighted by Gasteiger charge is 2.25. The van der Waals surface area contributed by atoms with Crippen molar-refractivity contribution in [1.29, 1.82) is 5.26 Å². The van der Waals surface area contributed by atoms with Crippen molar-refractivity contribution in [1.82, 2.24) is 9.97 Å². The summed E-state index contributed by atoms with van der Waals surface area (Å²) in [5.41, 5.74) is 2.37. The number of nitriles is 1. The maximum atomic E-state index is 9.29. The summed E-state index contributed by atoms with van der Waals surface area (Å²) in [5, 5.41) is 13.1. The molecule has 0 aliphatic carbocycles. The third-order valence-corrected chi connectivity index (χ3v) is 4.08. The summed E-state index contributed by atoms with van der Waals surface area (Å²) in [6.07, 6.45) is 2.72. The molecular formula is C16H16ClN5. The SMILES string of the molecule is Cc1ccnc(NC2CCN(c3cccc(Cl)c3C#N)C2)n1. The number of aryl methyl sites for hydroxylation is 1. The van der Waals surface area contributed by atoms with Crippen LogP contribution in [-0.4, -0.2) is 29.1 Å². The second kappa shape index (κ2) is 6.20. The molecule has 2 aromatic rings. The monoisotopic (exact) mass is 313 g/mol. The van der Waals surface area contributed by atoms with Gasteiger partial charge in [0.1, 0.15) is 6.07 Å². The molecule has 112 valence electrons. The maximum Gasteiger partial charge on any atom is 0.223 e. The Bertz CT molecular complexity index is 725. The van der Waals surface area contributed by atoms with E-state index in [2.05, 4.69) is 26.3 Å². The summed E-state index contributed by atoms with van der Waals surface area (Å²) in [7, 11) is 0. The minimum Gasteiger partial charge on any atom is -0.368 e. The molecule has 1 fully saturated rings. The van der Waals surface area contributed by atoms with Crippen molar-refractivity contribution in [2.75, 3.05) is 23.3 Å². The lowest BCUT2D eigenvalue weighted by Gasteiger charge is -2.20. The first-order chi connectivity index (χ1) is 10.7. The Morgan fingerprint density at radius 1 is 1.41 bits per heavy atom. The second-order valence-corrected chi connectivity index (χ2v) is 5.75. The number of hydrogen-bond donors (Lipinski definition) is 1. The minimum atomic E-state index is 0.257. The van der Waals surface area contributed by atoms with Crippen LogP contribution >= 0.6 is 11.6 Å². The predicted molar refractivity (Wildman–Crippen MR) is 87.2 cm³/mol. The van der Waals surface area contributed by atoms with Gasteiger partial charge in [0.05, 0.1) is 16.3 Å². The van der Waals surface area contributed by atoms with Crippen LogP contribution in [0.25, 0.3) is 0 Å². The van der Waals surface area contributed by atoms with Gasteiger partial charge in [0.25, 0.3) is 0 Å². The van der Waals surface area contributed by atoms with Crippen LogP contribution in [0.4, 0.5) is 11.6 Å². The maximum absolute atomic E-state index is 9.29. The first-order valence-electron chi connectivity index (χ1n) is 7.17. The molecule has 5 nitrogen and oxygen atoms in total. The van der Waals surface area contributed by atoms with Crippen LogP contribution in [0.5, 0.6) is 0 Å². The third kappa shape index (κ3) is 2.97. The Hall–Kier alpha value is -2.32. The first kappa shape index (κ1) is 14.6. The highest BCUT2D eigenvalue weighted by atomic mass is 35.5. The smallest absolute Gasteiger partial charge is 0.223 e. The van der Waals surface area contributed by atoms with Gasteiger partial charge in [0.2, 0.25) is 5.95 Å². The lowest BCUT2D eigenvalue weighted by Crippen LogP contribution is -2.27. The van der Waals surface area contributed by atoms with Gasteiger partial charge in [-0.05, 0) is 31.5 Å². The molecule has 1 unspecified atom stereocenters. The number of nitrogens with zero attached hydrogens (tertiary/aromatic N) is 4. The first-order valence-corrected chi connectivity index (χ1v) is 7.55. The van der Waals surface area contributed by atoms with Crippen LogP contribution in [-0.2, 0) is 0 Å². The standard InChI is InChI=1S/C16H16ClN5/c1-11-5-7-19-16(20-11)21-12-6-8-22(10-12)15-4-2-3-14(17)13(15)9-18/h2-5,7,12H,6,8,10H2,1H3,(H,19,20,21). The summed E-state index contributed by atoms with van der Waals surface area (Å²) in [5.74, 6) is 0.651. The fourth-order valence-corrected chi connectivity index (χ4v) is 2.90. The molecule has 1 atom stereocenters. The number of hydrogen-bond acceptors (Lipinski definition) is 5. The number of halogens is 1. The van der Waals surface area contributed by atoms with Crippen LogP contribution < -0.4 is 10.2 Å². The molecule has 1 aromatic heterocycles. The predicted octanol–water partition coefficient (Wildman–Crippen LogP) is 3.00. The van der Waals surface area contributed by atoms with Crippen molar-refractivity contribution in [2.24, 2.45) is 0 Å². The number of nitrogens with one attached hydrogen (secondary N) is 1. The molecule has 1 aliphatic rings. The van der Waals surface area contributed by atoms with E-state index in [0.717, 1.165) is 30.9 Å². The van der Waals surface area contributed by atoms with E-state index in [0.29, 0.717) is 16.5 Å². The van der Waals surface area contributed by atoms with Gasteiger partial charge in [-0.1, -0.05) is 17.7 Å². The van der Waals surface area contributed by atoms with E-state index in [9.17, 15) is 5.26 Å². The highest BCUT2D eigenvalue weighted by molar-refractivity contribution is 6.32. The Kier molecular flexibility index (Phi) is 4.12. The molecule has 1 N–H and O–H groups in total. The van der Waals surface area contributed by atoms with Gasteiger partial charge in [-0.25, -0.2) is 9.97 Å². The lowest BCUT2D eigenvalue weighted by molar-refractivity contribution is 0.790. The lowest BCUT2D eigenvalue weighted by atomic mass is 10.2. The van der Waals surface area contributed by atoms with Gasteiger partial charge >= 0.3 is 0 Å². The molecule has 3 rings (SSSR count). The van der Waals surface area contributed by atoms with Crippen molar-refractivity contribution in [3.05, 3.63) is 46.7 Å². The zero-order valence-electron chi connectivity index (χ0n) is 12.3. The summed E-state index contributed by atoms with van der Waals surface area (Å²) < 4.78 is 0. The molecule has 0 saturated carbocycles. The molecule has 0 spiro atoms. The fraction of sp³-hybridized carbons (Fsp3) is 0.312. The van der Waals surface area contributed by atoms with Gasteiger partial charge in [-0.15, -0.1) is 0 Å². The third-order valence-electron chi connectivity index (χ3n) is 3.76. The molecule has 1 aromatic carbocycles.